The average molecular weight is 285 g/mol. The second-order valence-electron chi connectivity index (χ2n) is 4.87. The monoisotopic (exact) mass is 285 g/mol. The standard InChI is InChI=1S/C13H23N3O2S/c1-15(2)11-7-10-14-12-8-5-6-9-13(12)19(17,18)16(3)4/h5-6,8-9,14H,7,10-11H2,1-4H3. The number of para-hydroxylation sites is 1. The molecule has 0 amide bonds. The topological polar surface area (TPSA) is 52.7 Å². The Kier molecular flexibility index (Phi) is 5.78. The lowest BCUT2D eigenvalue weighted by Gasteiger charge is -2.16. The lowest BCUT2D eigenvalue weighted by molar-refractivity contribution is 0.405. The van der Waals surface area contributed by atoms with Crippen molar-refractivity contribution in [2.75, 3.05) is 46.6 Å². The van der Waals surface area contributed by atoms with E-state index in [9.17, 15) is 8.42 Å². The second kappa shape index (κ2) is 6.88. The van der Waals surface area contributed by atoms with Gasteiger partial charge in [0.05, 0.1) is 5.69 Å². The van der Waals surface area contributed by atoms with E-state index in [0.717, 1.165) is 19.5 Å². The normalized spacial score (nSPS) is 12.1. The van der Waals surface area contributed by atoms with Gasteiger partial charge in [0.2, 0.25) is 10.0 Å². The Morgan fingerprint density at radius 1 is 1.11 bits per heavy atom. The van der Waals surface area contributed by atoms with Crippen LogP contribution in [0.2, 0.25) is 0 Å². The molecule has 19 heavy (non-hydrogen) atoms. The van der Waals surface area contributed by atoms with Crippen LogP contribution in [0.4, 0.5) is 5.69 Å². The molecule has 1 rings (SSSR count). The van der Waals surface area contributed by atoms with Crippen molar-refractivity contribution in [1.82, 2.24) is 9.21 Å². The van der Waals surface area contributed by atoms with E-state index in [0.29, 0.717) is 10.6 Å². The summed E-state index contributed by atoms with van der Waals surface area (Å²) in [7, 11) is 3.72. The maximum Gasteiger partial charge on any atom is 0.244 e. The van der Waals surface area contributed by atoms with Crippen molar-refractivity contribution >= 4 is 15.7 Å². The predicted octanol–water partition coefficient (Wildman–Crippen LogP) is 1.30. The molecule has 0 saturated heterocycles. The largest absolute Gasteiger partial charge is 0.384 e. The number of hydrogen-bond donors (Lipinski definition) is 1. The average Bonchev–Trinajstić information content (AvgIpc) is 2.34. The summed E-state index contributed by atoms with van der Waals surface area (Å²) in [5, 5.41) is 3.20. The fourth-order valence-electron chi connectivity index (χ4n) is 1.65. The van der Waals surface area contributed by atoms with E-state index < -0.39 is 10.0 Å². The van der Waals surface area contributed by atoms with Crippen LogP contribution < -0.4 is 5.32 Å². The van der Waals surface area contributed by atoms with Gasteiger partial charge in [-0.05, 0) is 39.2 Å². The van der Waals surface area contributed by atoms with Gasteiger partial charge in [0.25, 0.3) is 0 Å². The summed E-state index contributed by atoms with van der Waals surface area (Å²) in [6.07, 6.45) is 0.962. The van der Waals surface area contributed by atoms with Crippen molar-refractivity contribution in [2.24, 2.45) is 0 Å². The van der Waals surface area contributed by atoms with Gasteiger partial charge in [-0.3, -0.25) is 0 Å². The molecule has 0 fully saturated rings. The van der Waals surface area contributed by atoms with Crippen molar-refractivity contribution in [1.29, 1.82) is 0 Å². The van der Waals surface area contributed by atoms with Gasteiger partial charge >= 0.3 is 0 Å². The summed E-state index contributed by atoms with van der Waals surface area (Å²) < 4.78 is 25.6. The molecule has 1 aromatic rings. The molecular formula is C13H23N3O2S. The van der Waals surface area contributed by atoms with Gasteiger partial charge in [0, 0.05) is 20.6 Å². The number of rotatable bonds is 7. The highest BCUT2D eigenvalue weighted by Gasteiger charge is 2.20. The third kappa shape index (κ3) is 4.49. The van der Waals surface area contributed by atoms with E-state index in [1.807, 2.05) is 20.2 Å². The highest BCUT2D eigenvalue weighted by atomic mass is 32.2. The highest BCUT2D eigenvalue weighted by molar-refractivity contribution is 7.89. The summed E-state index contributed by atoms with van der Waals surface area (Å²) in [5.74, 6) is 0. The van der Waals surface area contributed by atoms with E-state index in [1.165, 1.54) is 18.4 Å². The Morgan fingerprint density at radius 2 is 1.74 bits per heavy atom. The maximum atomic E-state index is 12.2. The quantitative estimate of drug-likeness (QED) is 0.767. The summed E-state index contributed by atoms with van der Waals surface area (Å²) in [5.41, 5.74) is 0.662. The minimum Gasteiger partial charge on any atom is -0.384 e. The first-order chi connectivity index (χ1) is 8.85. The predicted molar refractivity (Wildman–Crippen MR) is 79.0 cm³/mol. The van der Waals surface area contributed by atoms with Crippen LogP contribution in [0.1, 0.15) is 6.42 Å². The van der Waals surface area contributed by atoms with Crippen molar-refractivity contribution in [2.45, 2.75) is 11.3 Å². The fraction of sp³-hybridized carbons (Fsp3) is 0.538. The van der Waals surface area contributed by atoms with E-state index in [4.69, 9.17) is 0 Å². The third-order valence-corrected chi connectivity index (χ3v) is 4.62. The van der Waals surface area contributed by atoms with Crippen LogP contribution in [0.25, 0.3) is 0 Å². The van der Waals surface area contributed by atoms with Crippen molar-refractivity contribution in [3.8, 4) is 0 Å². The zero-order valence-corrected chi connectivity index (χ0v) is 12.9. The maximum absolute atomic E-state index is 12.2. The van der Waals surface area contributed by atoms with Crippen molar-refractivity contribution in [3.05, 3.63) is 24.3 Å². The van der Waals surface area contributed by atoms with Crippen LogP contribution in [-0.4, -0.2) is 58.9 Å². The number of sulfonamides is 1. The van der Waals surface area contributed by atoms with Crippen molar-refractivity contribution in [3.63, 3.8) is 0 Å². The SMILES string of the molecule is CN(C)CCCNc1ccccc1S(=O)(=O)N(C)C. The molecule has 0 radical (unpaired) electrons. The third-order valence-electron chi connectivity index (χ3n) is 2.74. The molecule has 0 aliphatic heterocycles. The molecule has 5 nitrogen and oxygen atoms in total. The first-order valence-electron chi connectivity index (χ1n) is 6.26. The Labute approximate surface area is 116 Å². The van der Waals surface area contributed by atoms with Crippen LogP contribution in [0.3, 0.4) is 0 Å². The molecular weight excluding hydrogens is 262 g/mol. The molecule has 0 aliphatic rings. The van der Waals surface area contributed by atoms with Gasteiger partial charge < -0.3 is 10.2 Å². The summed E-state index contributed by atoms with van der Waals surface area (Å²) in [4.78, 5) is 2.43. The molecule has 1 N–H and O–H groups in total. The summed E-state index contributed by atoms with van der Waals surface area (Å²) in [6.45, 7) is 1.72. The van der Waals surface area contributed by atoms with Gasteiger partial charge in [0.15, 0.2) is 0 Å². The molecule has 1 aromatic carbocycles. The lowest BCUT2D eigenvalue weighted by Crippen LogP contribution is -2.23. The number of nitrogens with one attached hydrogen (secondary N) is 1. The van der Waals surface area contributed by atoms with E-state index >= 15 is 0 Å². The molecule has 0 heterocycles. The summed E-state index contributed by atoms with van der Waals surface area (Å²) in [6, 6.07) is 7.00. The first kappa shape index (κ1) is 15.9. The first-order valence-corrected chi connectivity index (χ1v) is 7.70. The number of anilines is 1. The summed E-state index contributed by atoms with van der Waals surface area (Å²) >= 11 is 0. The smallest absolute Gasteiger partial charge is 0.244 e. The van der Waals surface area contributed by atoms with Crippen LogP contribution >= 0.6 is 0 Å². The minimum absolute atomic E-state index is 0.324. The minimum atomic E-state index is -3.40. The van der Waals surface area contributed by atoms with Gasteiger partial charge in [-0.1, -0.05) is 12.1 Å². The van der Waals surface area contributed by atoms with Gasteiger partial charge in [-0.15, -0.1) is 0 Å². The molecule has 0 aliphatic carbocycles. The van der Waals surface area contributed by atoms with Gasteiger partial charge in [-0.25, -0.2) is 12.7 Å². The van der Waals surface area contributed by atoms with E-state index in [-0.39, 0.29) is 0 Å². The Morgan fingerprint density at radius 3 is 2.32 bits per heavy atom. The second-order valence-corrected chi connectivity index (χ2v) is 6.99. The fourth-order valence-corrected chi connectivity index (χ4v) is 2.71. The van der Waals surface area contributed by atoms with E-state index in [1.54, 1.807) is 18.2 Å². The Hall–Kier alpha value is -1.11. The van der Waals surface area contributed by atoms with Crippen LogP contribution in [0, 0.1) is 0 Å². The van der Waals surface area contributed by atoms with Gasteiger partial charge in [-0.2, -0.15) is 0 Å². The number of hydrogen-bond acceptors (Lipinski definition) is 4. The van der Waals surface area contributed by atoms with Crippen LogP contribution in [0.5, 0.6) is 0 Å². The van der Waals surface area contributed by atoms with Crippen LogP contribution in [-0.2, 0) is 10.0 Å². The molecule has 0 spiro atoms. The van der Waals surface area contributed by atoms with Gasteiger partial charge in [0.1, 0.15) is 4.90 Å². The van der Waals surface area contributed by atoms with Crippen molar-refractivity contribution < 1.29 is 8.42 Å². The number of nitrogens with zero attached hydrogens (tertiary/aromatic N) is 2. The molecule has 0 unspecified atom stereocenters. The lowest BCUT2D eigenvalue weighted by atomic mass is 10.3. The molecule has 0 atom stereocenters. The van der Waals surface area contributed by atoms with E-state index in [2.05, 4.69) is 10.2 Å². The molecule has 6 heteroatoms. The zero-order chi connectivity index (χ0) is 14.5. The molecule has 0 saturated carbocycles. The van der Waals surface area contributed by atoms with Crippen LogP contribution in [0.15, 0.2) is 29.2 Å². The Balaban J connectivity index is 2.80. The molecule has 108 valence electrons. The Bertz CT molecular complexity index is 498. The zero-order valence-electron chi connectivity index (χ0n) is 12.0. The molecule has 0 aromatic heterocycles. The number of benzene rings is 1. The molecule has 0 bridgehead atoms. The highest BCUT2D eigenvalue weighted by Crippen LogP contribution is 2.22.